The molecule has 0 bridgehead atoms. The summed E-state index contributed by atoms with van der Waals surface area (Å²) in [5.41, 5.74) is 1.60. The first-order valence-electron chi connectivity index (χ1n) is 11.0. The second-order valence-corrected chi connectivity index (χ2v) is 8.15. The highest BCUT2D eigenvalue weighted by molar-refractivity contribution is 5.79. The minimum atomic E-state index is 0.354. The van der Waals surface area contributed by atoms with Crippen LogP contribution in [0.15, 0.2) is 23.3 Å². The zero-order valence-corrected chi connectivity index (χ0v) is 17.7. The lowest BCUT2D eigenvalue weighted by atomic mass is 9.83. The van der Waals surface area contributed by atoms with Gasteiger partial charge in [0.2, 0.25) is 0 Å². The number of hydrogen-bond acceptors (Lipinski definition) is 4. The number of hydrogen-bond donors (Lipinski definition) is 2. The summed E-state index contributed by atoms with van der Waals surface area (Å²) in [5.74, 6) is 1.97. The van der Waals surface area contributed by atoms with Gasteiger partial charge in [0.25, 0.3) is 0 Å². The highest BCUT2D eigenvalue weighted by Crippen LogP contribution is 2.40. The van der Waals surface area contributed by atoms with Crippen molar-refractivity contribution in [2.75, 3.05) is 44.8 Å². The molecule has 28 heavy (non-hydrogen) atoms. The molecule has 1 aliphatic heterocycles. The zero-order chi connectivity index (χ0) is 19.7. The van der Waals surface area contributed by atoms with Crippen molar-refractivity contribution in [3.8, 4) is 0 Å². The fourth-order valence-electron chi connectivity index (χ4n) is 4.44. The van der Waals surface area contributed by atoms with Crippen LogP contribution in [-0.2, 0) is 11.3 Å². The molecule has 156 valence electrons. The van der Waals surface area contributed by atoms with Crippen molar-refractivity contribution in [2.45, 2.75) is 58.4 Å². The number of pyridine rings is 1. The van der Waals surface area contributed by atoms with Gasteiger partial charge < -0.3 is 20.3 Å². The standard InChI is InChI=1S/C22H37N5O/c1-3-28-15-11-22(9-4-5-10-22)18-26-21(23-2)25-17-19-8-12-24-20(16-19)27-13-6-7-14-27/h8,12,16H,3-7,9-11,13-15,17-18H2,1-2H3,(H2,23,25,26). The Morgan fingerprint density at radius 3 is 2.71 bits per heavy atom. The molecule has 1 aromatic rings. The predicted octanol–water partition coefficient (Wildman–Crippen LogP) is 3.33. The molecule has 0 amide bonds. The third-order valence-corrected chi connectivity index (χ3v) is 6.20. The Bertz CT molecular complexity index is 621. The maximum absolute atomic E-state index is 5.63. The lowest BCUT2D eigenvalue weighted by Crippen LogP contribution is -2.43. The van der Waals surface area contributed by atoms with Crippen LogP contribution in [0.2, 0.25) is 0 Å². The van der Waals surface area contributed by atoms with Crippen LogP contribution in [0.25, 0.3) is 0 Å². The average molecular weight is 388 g/mol. The van der Waals surface area contributed by atoms with E-state index < -0.39 is 0 Å². The summed E-state index contributed by atoms with van der Waals surface area (Å²) in [7, 11) is 1.85. The molecule has 0 aromatic carbocycles. The van der Waals surface area contributed by atoms with E-state index in [0.29, 0.717) is 5.41 Å². The van der Waals surface area contributed by atoms with Gasteiger partial charge in [0.15, 0.2) is 5.96 Å². The SMILES string of the molecule is CCOCCC1(CNC(=NC)NCc2ccnc(N3CCCC3)c2)CCCC1. The quantitative estimate of drug-likeness (QED) is 0.387. The number of aliphatic imine (C=N–C) groups is 1. The molecular formula is C22H37N5O. The van der Waals surface area contributed by atoms with E-state index in [1.807, 2.05) is 13.2 Å². The second-order valence-electron chi connectivity index (χ2n) is 8.15. The van der Waals surface area contributed by atoms with Gasteiger partial charge in [-0.05, 0) is 62.1 Å². The topological polar surface area (TPSA) is 61.8 Å². The van der Waals surface area contributed by atoms with E-state index in [1.165, 1.54) is 44.1 Å². The lowest BCUT2D eigenvalue weighted by Gasteiger charge is -2.30. The number of nitrogens with one attached hydrogen (secondary N) is 2. The highest BCUT2D eigenvalue weighted by atomic mass is 16.5. The largest absolute Gasteiger partial charge is 0.382 e. The van der Waals surface area contributed by atoms with Crippen LogP contribution in [-0.4, -0.2) is 50.8 Å². The number of guanidine groups is 1. The summed E-state index contributed by atoms with van der Waals surface area (Å²) in [6.07, 6.45) is 10.8. The summed E-state index contributed by atoms with van der Waals surface area (Å²) in [6, 6.07) is 4.28. The molecular weight excluding hydrogens is 350 g/mol. The maximum Gasteiger partial charge on any atom is 0.191 e. The van der Waals surface area contributed by atoms with Crippen LogP contribution in [0.4, 0.5) is 5.82 Å². The molecule has 2 N–H and O–H groups in total. The molecule has 1 saturated heterocycles. The molecule has 1 aromatic heterocycles. The summed E-state index contributed by atoms with van der Waals surface area (Å²) >= 11 is 0. The Hall–Kier alpha value is -1.82. The van der Waals surface area contributed by atoms with Crippen LogP contribution in [0, 0.1) is 5.41 Å². The van der Waals surface area contributed by atoms with E-state index in [2.05, 4.69) is 44.6 Å². The van der Waals surface area contributed by atoms with Gasteiger partial charge in [-0.25, -0.2) is 4.98 Å². The van der Waals surface area contributed by atoms with Gasteiger partial charge in [-0.3, -0.25) is 4.99 Å². The number of nitrogens with zero attached hydrogens (tertiary/aromatic N) is 3. The fourth-order valence-corrected chi connectivity index (χ4v) is 4.44. The van der Waals surface area contributed by atoms with Crippen LogP contribution >= 0.6 is 0 Å². The summed E-state index contributed by atoms with van der Waals surface area (Å²) < 4.78 is 5.63. The summed E-state index contributed by atoms with van der Waals surface area (Å²) in [4.78, 5) is 11.3. The van der Waals surface area contributed by atoms with Gasteiger partial charge in [0.05, 0.1) is 0 Å². The van der Waals surface area contributed by atoms with E-state index in [1.54, 1.807) is 0 Å². The molecule has 0 spiro atoms. The molecule has 0 atom stereocenters. The number of ether oxygens (including phenoxy) is 1. The van der Waals surface area contributed by atoms with Crippen molar-refractivity contribution in [3.05, 3.63) is 23.9 Å². The first-order valence-corrected chi connectivity index (χ1v) is 11.0. The van der Waals surface area contributed by atoms with E-state index >= 15 is 0 Å². The average Bonchev–Trinajstić information content (AvgIpc) is 3.41. The Morgan fingerprint density at radius 1 is 1.21 bits per heavy atom. The van der Waals surface area contributed by atoms with E-state index in [-0.39, 0.29) is 0 Å². The van der Waals surface area contributed by atoms with E-state index in [0.717, 1.165) is 57.6 Å². The van der Waals surface area contributed by atoms with Crippen molar-refractivity contribution < 1.29 is 4.74 Å². The number of anilines is 1. The highest BCUT2D eigenvalue weighted by Gasteiger charge is 2.33. The Balaban J connectivity index is 1.49. The number of rotatable bonds is 9. The molecule has 0 radical (unpaired) electrons. The van der Waals surface area contributed by atoms with Crippen LogP contribution < -0.4 is 15.5 Å². The van der Waals surface area contributed by atoms with Crippen molar-refractivity contribution in [3.63, 3.8) is 0 Å². The minimum Gasteiger partial charge on any atom is -0.382 e. The second kappa shape index (κ2) is 10.6. The van der Waals surface area contributed by atoms with Crippen LogP contribution in [0.3, 0.4) is 0 Å². The first-order chi connectivity index (χ1) is 13.7. The van der Waals surface area contributed by atoms with Gasteiger partial charge in [-0.15, -0.1) is 0 Å². The Labute approximate surface area is 170 Å². The van der Waals surface area contributed by atoms with E-state index in [9.17, 15) is 0 Å². The monoisotopic (exact) mass is 387 g/mol. The molecule has 2 heterocycles. The van der Waals surface area contributed by atoms with Crippen molar-refractivity contribution >= 4 is 11.8 Å². The minimum absolute atomic E-state index is 0.354. The molecule has 6 nitrogen and oxygen atoms in total. The molecule has 6 heteroatoms. The van der Waals surface area contributed by atoms with Gasteiger partial charge in [-0.1, -0.05) is 12.8 Å². The smallest absolute Gasteiger partial charge is 0.191 e. The van der Waals surface area contributed by atoms with Crippen molar-refractivity contribution in [1.29, 1.82) is 0 Å². The molecule has 1 aliphatic carbocycles. The van der Waals surface area contributed by atoms with Crippen molar-refractivity contribution in [1.82, 2.24) is 15.6 Å². The fraction of sp³-hybridized carbons (Fsp3) is 0.727. The third kappa shape index (κ3) is 5.84. The van der Waals surface area contributed by atoms with Gasteiger partial charge in [0, 0.05) is 52.6 Å². The van der Waals surface area contributed by atoms with Crippen LogP contribution in [0.5, 0.6) is 0 Å². The first kappa shape index (κ1) is 20.9. The van der Waals surface area contributed by atoms with Crippen LogP contribution in [0.1, 0.15) is 57.4 Å². The van der Waals surface area contributed by atoms with E-state index in [4.69, 9.17) is 4.74 Å². The van der Waals surface area contributed by atoms with Crippen molar-refractivity contribution in [2.24, 2.45) is 10.4 Å². The molecule has 2 aliphatic rings. The normalized spacial score (nSPS) is 19.2. The third-order valence-electron chi connectivity index (χ3n) is 6.20. The van der Waals surface area contributed by atoms with Gasteiger partial charge >= 0.3 is 0 Å². The number of aromatic nitrogens is 1. The Morgan fingerprint density at radius 2 is 2.00 bits per heavy atom. The maximum atomic E-state index is 5.63. The molecule has 2 fully saturated rings. The zero-order valence-electron chi connectivity index (χ0n) is 17.7. The summed E-state index contributed by atoms with van der Waals surface area (Å²) in [6.45, 7) is 7.70. The van der Waals surface area contributed by atoms with Gasteiger partial charge in [0.1, 0.15) is 5.82 Å². The van der Waals surface area contributed by atoms with Gasteiger partial charge in [-0.2, -0.15) is 0 Å². The molecule has 0 unspecified atom stereocenters. The lowest BCUT2D eigenvalue weighted by molar-refractivity contribution is 0.105. The predicted molar refractivity (Wildman–Crippen MR) is 116 cm³/mol. The summed E-state index contributed by atoms with van der Waals surface area (Å²) in [5, 5.41) is 7.05. The molecule has 1 saturated carbocycles. The Kier molecular flexibility index (Phi) is 7.95. The molecule has 3 rings (SSSR count).